The number of rotatable bonds is 6. The molecule has 0 saturated heterocycles. The van der Waals surface area contributed by atoms with Crippen LogP contribution in [0.4, 0.5) is 10.1 Å². The Kier molecular flexibility index (Phi) is 12.2. The van der Waals surface area contributed by atoms with Crippen molar-refractivity contribution in [2.24, 2.45) is 5.84 Å². The summed E-state index contributed by atoms with van der Waals surface area (Å²) < 4.78 is 20.0. The van der Waals surface area contributed by atoms with Gasteiger partial charge in [0.2, 0.25) is 0 Å². The lowest BCUT2D eigenvalue weighted by Gasteiger charge is -2.16. The zero-order valence-corrected chi connectivity index (χ0v) is 17.7. The fourth-order valence-corrected chi connectivity index (χ4v) is 2.38. The molecule has 6 heteroatoms. The second-order valence-electron chi connectivity index (χ2n) is 4.72. The molecular formula is C20H29BrFN3O. The number of nitrogens with one attached hydrogen (secondary N) is 2. The van der Waals surface area contributed by atoms with Gasteiger partial charge in [0.15, 0.2) is 5.75 Å². The van der Waals surface area contributed by atoms with E-state index < -0.39 is 0 Å². The van der Waals surface area contributed by atoms with Crippen LogP contribution in [0.2, 0.25) is 0 Å². The molecule has 0 amide bonds. The number of hydrogen-bond acceptors (Lipinski definition) is 4. The Morgan fingerprint density at radius 3 is 2.46 bits per heavy atom. The van der Waals surface area contributed by atoms with Gasteiger partial charge in [-0.3, -0.25) is 0 Å². The van der Waals surface area contributed by atoms with Crippen molar-refractivity contribution in [1.29, 1.82) is 0 Å². The molecule has 4 nitrogen and oxygen atoms in total. The molecular weight excluding hydrogens is 397 g/mol. The molecule has 2 aromatic carbocycles. The molecule has 0 unspecified atom stereocenters. The minimum absolute atomic E-state index is 0.253. The first-order valence-electron chi connectivity index (χ1n) is 8.60. The second-order valence-corrected chi connectivity index (χ2v) is 5.58. The summed E-state index contributed by atoms with van der Waals surface area (Å²) in [5, 5.41) is 3.00. The minimum Gasteiger partial charge on any atom is -0.486 e. The number of hydrogen-bond donors (Lipinski definition) is 3. The van der Waals surface area contributed by atoms with Gasteiger partial charge in [0, 0.05) is 0 Å². The SMILES string of the molecule is C=C(NN)Nc1cccc(Br)c1OCc1cc(F)ccc1C.CC.CC. The third kappa shape index (κ3) is 7.45. The number of aryl methyl sites for hydroxylation is 1. The van der Waals surface area contributed by atoms with Crippen LogP contribution in [-0.2, 0) is 6.61 Å². The molecule has 0 heterocycles. The van der Waals surface area contributed by atoms with Gasteiger partial charge < -0.3 is 15.5 Å². The van der Waals surface area contributed by atoms with Crippen molar-refractivity contribution in [3.05, 3.63) is 70.2 Å². The van der Waals surface area contributed by atoms with Crippen molar-refractivity contribution in [3.8, 4) is 5.75 Å². The lowest BCUT2D eigenvalue weighted by molar-refractivity contribution is 0.304. The van der Waals surface area contributed by atoms with E-state index in [0.29, 0.717) is 17.3 Å². The molecule has 0 aromatic heterocycles. The Balaban J connectivity index is 0.00000146. The summed E-state index contributed by atoms with van der Waals surface area (Å²) in [4.78, 5) is 0. The smallest absolute Gasteiger partial charge is 0.157 e. The van der Waals surface area contributed by atoms with E-state index in [0.717, 1.165) is 15.6 Å². The lowest BCUT2D eigenvalue weighted by Crippen LogP contribution is -2.25. The van der Waals surface area contributed by atoms with E-state index in [2.05, 4.69) is 33.3 Å². The molecule has 0 saturated carbocycles. The molecule has 2 rings (SSSR count). The number of hydrazine groups is 1. The molecule has 0 fully saturated rings. The maximum Gasteiger partial charge on any atom is 0.157 e. The van der Waals surface area contributed by atoms with E-state index in [1.54, 1.807) is 6.07 Å². The monoisotopic (exact) mass is 425 g/mol. The van der Waals surface area contributed by atoms with Crippen LogP contribution >= 0.6 is 15.9 Å². The summed E-state index contributed by atoms with van der Waals surface area (Å²) in [6, 6.07) is 10.2. The highest BCUT2D eigenvalue weighted by molar-refractivity contribution is 9.10. The normalized spacial score (nSPS) is 9.08. The highest BCUT2D eigenvalue weighted by Crippen LogP contribution is 2.34. The van der Waals surface area contributed by atoms with Crippen LogP contribution < -0.4 is 21.3 Å². The molecule has 144 valence electrons. The zero-order chi connectivity index (χ0) is 20.1. The van der Waals surface area contributed by atoms with Crippen molar-refractivity contribution in [2.75, 3.05) is 5.32 Å². The number of nitrogens with two attached hydrogens (primary N) is 1. The van der Waals surface area contributed by atoms with Crippen LogP contribution in [-0.4, -0.2) is 0 Å². The van der Waals surface area contributed by atoms with Gasteiger partial charge in [-0.15, -0.1) is 0 Å². The molecule has 0 radical (unpaired) electrons. The first-order chi connectivity index (χ1) is 12.5. The van der Waals surface area contributed by atoms with Crippen LogP contribution in [0, 0.1) is 12.7 Å². The average molecular weight is 426 g/mol. The molecule has 26 heavy (non-hydrogen) atoms. The predicted octanol–water partition coefficient (Wildman–Crippen LogP) is 5.87. The van der Waals surface area contributed by atoms with Gasteiger partial charge in [0.05, 0.1) is 10.2 Å². The number of anilines is 1. The third-order valence-corrected chi connectivity index (χ3v) is 3.73. The Bertz CT molecular complexity index is 693. The second kappa shape index (κ2) is 13.2. The average Bonchev–Trinajstić information content (AvgIpc) is 2.67. The van der Waals surface area contributed by atoms with Gasteiger partial charge >= 0.3 is 0 Å². The summed E-state index contributed by atoms with van der Waals surface area (Å²) in [7, 11) is 0. The van der Waals surface area contributed by atoms with E-state index in [-0.39, 0.29) is 12.4 Å². The molecule has 0 spiro atoms. The highest BCUT2D eigenvalue weighted by Gasteiger charge is 2.10. The van der Waals surface area contributed by atoms with Crippen LogP contribution in [0.5, 0.6) is 5.75 Å². The Morgan fingerprint density at radius 1 is 1.19 bits per heavy atom. The van der Waals surface area contributed by atoms with Crippen molar-refractivity contribution in [2.45, 2.75) is 41.2 Å². The number of para-hydroxylation sites is 1. The van der Waals surface area contributed by atoms with Crippen molar-refractivity contribution in [1.82, 2.24) is 5.43 Å². The maximum absolute atomic E-state index is 13.3. The molecule has 0 aliphatic carbocycles. The summed E-state index contributed by atoms with van der Waals surface area (Å²) >= 11 is 3.45. The van der Waals surface area contributed by atoms with Gasteiger partial charge in [0.25, 0.3) is 0 Å². The lowest BCUT2D eigenvalue weighted by atomic mass is 10.1. The molecule has 0 atom stereocenters. The van der Waals surface area contributed by atoms with E-state index in [4.69, 9.17) is 10.6 Å². The minimum atomic E-state index is -0.282. The quantitative estimate of drug-likeness (QED) is 0.399. The first-order valence-corrected chi connectivity index (χ1v) is 9.39. The fraction of sp³-hybridized carbons (Fsp3) is 0.300. The van der Waals surface area contributed by atoms with Gasteiger partial charge in [-0.1, -0.05) is 46.4 Å². The van der Waals surface area contributed by atoms with Gasteiger partial charge in [-0.05, 0) is 58.2 Å². The summed E-state index contributed by atoms with van der Waals surface area (Å²) in [6.45, 7) is 13.9. The number of benzene rings is 2. The predicted molar refractivity (Wildman–Crippen MR) is 112 cm³/mol. The summed E-state index contributed by atoms with van der Waals surface area (Å²) in [5.74, 6) is 6.06. The summed E-state index contributed by atoms with van der Waals surface area (Å²) in [5.41, 5.74) is 4.88. The molecule has 2 aromatic rings. The van der Waals surface area contributed by atoms with Crippen LogP contribution in [0.3, 0.4) is 0 Å². The Labute approximate surface area is 164 Å². The zero-order valence-electron chi connectivity index (χ0n) is 16.1. The van der Waals surface area contributed by atoms with Crippen LogP contribution in [0.1, 0.15) is 38.8 Å². The van der Waals surface area contributed by atoms with E-state index in [1.165, 1.54) is 12.1 Å². The first kappa shape index (κ1) is 23.9. The van der Waals surface area contributed by atoms with Crippen molar-refractivity contribution in [3.63, 3.8) is 0 Å². The standard InChI is InChI=1S/C16H17BrFN3O.2C2H6/c1-10-6-7-13(18)8-12(10)9-22-16-14(17)4-3-5-15(16)20-11(2)21-19;2*1-2/h3-8,20-21H,2,9,19H2,1H3;2*1-2H3. The largest absolute Gasteiger partial charge is 0.486 e. The van der Waals surface area contributed by atoms with Gasteiger partial charge in [0.1, 0.15) is 18.2 Å². The van der Waals surface area contributed by atoms with Crippen molar-refractivity contribution < 1.29 is 9.13 Å². The number of ether oxygens (including phenoxy) is 1. The highest BCUT2D eigenvalue weighted by atomic mass is 79.9. The molecule has 0 bridgehead atoms. The molecule has 4 N–H and O–H groups in total. The molecule has 0 aliphatic heterocycles. The topological polar surface area (TPSA) is 59.3 Å². The summed E-state index contributed by atoms with van der Waals surface area (Å²) in [6.07, 6.45) is 0. The number of halogens is 2. The maximum atomic E-state index is 13.3. The van der Waals surface area contributed by atoms with Crippen LogP contribution in [0.15, 0.2) is 53.3 Å². The fourth-order valence-electron chi connectivity index (χ4n) is 1.90. The van der Waals surface area contributed by atoms with Crippen molar-refractivity contribution >= 4 is 21.6 Å². The van der Waals surface area contributed by atoms with Gasteiger partial charge in [-0.25, -0.2) is 10.2 Å². The van der Waals surface area contributed by atoms with E-state index in [9.17, 15) is 4.39 Å². The molecule has 0 aliphatic rings. The Morgan fingerprint density at radius 2 is 1.85 bits per heavy atom. The van der Waals surface area contributed by atoms with E-state index in [1.807, 2.05) is 52.8 Å². The Hall–Kier alpha value is -2.05. The third-order valence-electron chi connectivity index (χ3n) is 3.11. The van der Waals surface area contributed by atoms with Gasteiger partial charge in [-0.2, -0.15) is 0 Å². The van der Waals surface area contributed by atoms with Crippen LogP contribution in [0.25, 0.3) is 0 Å². The van der Waals surface area contributed by atoms with E-state index >= 15 is 0 Å².